The van der Waals surface area contributed by atoms with Crippen LogP contribution in [0.3, 0.4) is 0 Å². The summed E-state index contributed by atoms with van der Waals surface area (Å²) in [6, 6.07) is 13.3. The van der Waals surface area contributed by atoms with Gasteiger partial charge >= 0.3 is 12.1 Å². The number of fused-ring (bicyclic) bond motifs is 1. The maximum atomic E-state index is 11.6. The highest BCUT2D eigenvalue weighted by atomic mass is 16.5. The fourth-order valence-electron chi connectivity index (χ4n) is 2.38. The summed E-state index contributed by atoms with van der Waals surface area (Å²) in [5, 5.41) is 13.8. The van der Waals surface area contributed by atoms with Gasteiger partial charge in [0.2, 0.25) is 0 Å². The molecule has 1 amide bonds. The molecule has 0 aliphatic rings. The SMILES string of the molecule is C=CCOC(=O)N[C@@H](CC(=O)O)Cc1ccc2ccccc2c1. The fraction of sp³-hybridized carbons (Fsp3) is 0.222. The van der Waals surface area contributed by atoms with Gasteiger partial charge in [-0.15, -0.1) is 0 Å². The smallest absolute Gasteiger partial charge is 0.407 e. The van der Waals surface area contributed by atoms with Gasteiger partial charge in [-0.05, 0) is 22.8 Å². The highest BCUT2D eigenvalue weighted by Gasteiger charge is 2.17. The highest BCUT2D eigenvalue weighted by molar-refractivity contribution is 5.83. The first kappa shape index (κ1) is 16.5. The van der Waals surface area contributed by atoms with Crippen molar-refractivity contribution < 1.29 is 19.4 Å². The van der Waals surface area contributed by atoms with Gasteiger partial charge in [0.1, 0.15) is 6.61 Å². The number of nitrogens with one attached hydrogen (secondary N) is 1. The molecule has 0 aliphatic carbocycles. The van der Waals surface area contributed by atoms with Gasteiger partial charge in [0.25, 0.3) is 0 Å². The first-order valence-corrected chi connectivity index (χ1v) is 7.32. The van der Waals surface area contributed by atoms with Crippen LogP contribution in [0.25, 0.3) is 10.8 Å². The van der Waals surface area contributed by atoms with Crippen LogP contribution in [-0.4, -0.2) is 29.8 Å². The van der Waals surface area contributed by atoms with E-state index in [1.807, 2.05) is 42.5 Å². The third kappa shape index (κ3) is 5.14. The van der Waals surface area contributed by atoms with Crippen molar-refractivity contribution >= 4 is 22.8 Å². The van der Waals surface area contributed by atoms with Crippen molar-refractivity contribution in [1.29, 1.82) is 0 Å². The van der Waals surface area contributed by atoms with E-state index in [2.05, 4.69) is 11.9 Å². The topological polar surface area (TPSA) is 75.6 Å². The number of carboxylic acid groups (broad SMARTS) is 1. The van der Waals surface area contributed by atoms with Crippen LogP contribution in [0, 0.1) is 0 Å². The average molecular weight is 313 g/mol. The Morgan fingerprint density at radius 2 is 1.96 bits per heavy atom. The second-order valence-electron chi connectivity index (χ2n) is 5.21. The monoisotopic (exact) mass is 313 g/mol. The molecule has 5 heteroatoms. The molecule has 2 rings (SSSR count). The maximum Gasteiger partial charge on any atom is 0.407 e. The molecule has 0 aromatic heterocycles. The van der Waals surface area contributed by atoms with Crippen molar-refractivity contribution in [1.82, 2.24) is 5.32 Å². The lowest BCUT2D eigenvalue weighted by Crippen LogP contribution is -2.38. The molecule has 0 saturated heterocycles. The number of hydrogen-bond donors (Lipinski definition) is 2. The van der Waals surface area contributed by atoms with Gasteiger partial charge < -0.3 is 15.2 Å². The Labute approximate surface area is 134 Å². The summed E-state index contributed by atoms with van der Waals surface area (Å²) in [5.74, 6) is -0.972. The quantitative estimate of drug-likeness (QED) is 0.770. The molecule has 0 bridgehead atoms. The number of aliphatic carboxylic acids is 1. The second-order valence-corrected chi connectivity index (χ2v) is 5.21. The van der Waals surface area contributed by atoms with Gasteiger partial charge in [-0.1, -0.05) is 55.1 Å². The lowest BCUT2D eigenvalue weighted by Gasteiger charge is -2.17. The molecule has 0 fully saturated rings. The Balaban J connectivity index is 2.09. The summed E-state index contributed by atoms with van der Waals surface area (Å²) < 4.78 is 4.85. The Hall–Kier alpha value is -2.82. The van der Waals surface area contributed by atoms with Crippen LogP contribution in [0.15, 0.2) is 55.1 Å². The van der Waals surface area contributed by atoms with Crippen molar-refractivity contribution in [3.05, 3.63) is 60.7 Å². The van der Waals surface area contributed by atoms with E-state index in [1.165, 1.54) is 6.08 Å². The first-order chi connectivity index (χ1) is 11.1. The minimum atomic E-state index is -0.972. The van der Waals surface area contributed by atoms with Gasteiger partial charge in [-0.3, -0.25) is 4.79 Å². The number of amides is 1. The molecule has 120 valence electrons. The number of benzene rings is 2. The van der Waals surface area contributed by atoms with E-state index >= 15 is 0 Å². The molecular formula is C18H19NO4. The minimum absolute atomic E-state index is 0.0849. The predicted molar refractivity (Wildman–Crippen MR) is 88.4 cm³/mol. The number of carboxylic acids is 1. The van der Waals surface area contributed by atoms with Gasteiger partial charge in [-0.2, -0.15) is 0 Å². The molecule has 23 heavy (non-hydrogen) atoms. The zero-order valence-corrected chi connectivity index (χ0v) is 12.7. The fourth-order valence-corrected chi connectivity index (χ4v) is 2.38. The van der Waals surface area contributed by atoms with E-state index in [1.54, 1.807) is 0 Å². The zero-order chi connectivity index (χ0) is 16.7. The molecule has 0 saturated carbocycles. The van der Waals surface area contributed by atoms with E-state index in [0.717, 1.165) is 16.3 Å². The minimum Gasteiger partial charge on any atom is -0.481 e. The summed E-state index contributed by atoms with van der Waals surface area (Å²) in [6.45, 7) is 3.54. The Morgan fingerprint density at radius 3 is 2.65 bits per heavy atom. The summed E-state index contributed by atoms with van der Waals surface area (Å²) in [6.07, 6.45) is 1.06. The van der Waals surface area contributed by atoms with E-state index in [-0.39, 0.29) is 13.0 Å². The van der Waals surface area contributed by atoms with Crippen LogP contribution in [-0.2, 0) is 16.0 Å². The predicted octanol–water partition coefficient (Wildman–Crippen LogP) is 3.14. The molecule has 0 aliphatic heterocycles. The van der Waals surface area contributed by atoms with Crippen molar-refractivity contribution in [2.45, 2.75) is 18.9 Å². The summed E-state index contributed by atoms with van der Waals surface area (Å²) in [5.41, 5.74) is 0.957. The van der Waals surface area contributed by atoms with Crippen molar-refractivity contribution in [3.8, 4) is 0 Å². The van der Waals surface area contributed by atoms with Gasteiger partial charge in [0.15, 0.2) is 0 Å². The Morgan fingerprint density at radius 1 is 1.22 bits per heavy atom. The molecular weight excluding hydrogens is 294 g/mol. The average Bonchev–Trinajstić information content (AvgIpc) is 2.52. The third-order valence-corrected chi connectivity index (χ3v) is 3.37. The molecule has 5 nitrogen and oxygen atoms in total. The second kappa shape index (κ2) is 7.98. The molecule has 0 radical (unpaired) electrons. The number of carbonyl (C=O) groups excluding carboxylic acids is 1. The molecule has 2 aromatic carbocycles. The van der Waals surface area contributed by atoms with Crippen LogP contribution in [0.5, 0.6) is 0 Å². The molecule has 0 heterocycles. The molecule has 0 unspecified atom stereocenters. The largest absolute Gasteiger partial charge is 0.481 e. The van der Waals surface area contributed by atoms with E-state index in [0.29, 0.717) is 6.42 Å². The number of ether oxygens (including phenoxy) is 1. The van der Waals surface area contributed by atoms with Crippen LogP contribution >= 0.6 is 0 Å². The molecule has 2 N–H and O–H groups in total. The summed E-state index contributed by atoms with van der Waals surface area (Å²) in [7, 11) is 0. The third-order valence-electron chi connectivity index (χ3n) is 3.37. The summed E-state index contributed by atoms with van der Waals surface area (Å²) >= 11 is 0. The van der Waals surface area contributed by atoms with Crippen molar-refractivity contribution in [2.75, 3.05) is 6.61 Å². The Bertz CT molecular complexity index is 711. The van der Waals surface area contributed by atoms with E-state index < -0.39 is 18.1 Å². The zero-order valence-electron chi connectivity index (χ0n) is 12.7. The van der Waals surface area contributed by atoms with Crippen LogP contribution < -0.4 is 5.32 Å². The highest BCUT2D eigenvalue weighted by Crippen LogP contribution is 2.17. The van der Waals surface area contributed by atoms with E-state index in [4.69, 9.17) is 9.84 Å². The standard InChI is InChI=1S/C18H19NO4/c1-2-9-23-18(22)19-16(12-17(20)21)11-13-7-8-14-5-3-4-6-15(14)10-13/h2-8,10,16H,1,9,11-12H2,(H,19,22)(H,20,21)/t16-/m1/s1. The molecule has 0 spiro atoms. The summed E-state index contributed by atoms with van der Waals surface area (Å²) in [4.78, 5) is 22.6. The Kier molecular flexibility index (Phi) is 5.74. The number of alkyl carbamates (subject to hydrolysis) is 1. The van der Waals surface area contributed by atoms with Crippen molar-refractivity contribution in [3.63, 3.8) is 0 Å². The van der Waals surface area contributed by atoms with E-state index in [9.17, 15) is 9.59 Å². The number of rotatable bonds is 7. The molecule has 1 atom stereocenters. The molecule has 2 aromatic rings. The van der Waals surface area contributed by atoms with Crippen molar-refractivity contribution in [2.24, 2.45) is 0 Å². The first-order valence-electron chi connectivity index (χ1n) is 7.32. The van der Waals surface area contributed by atoms with Gasteiger partial charge in [0.05, 0.1) is 6.42 Å². The van der Waals surface area contributed by atoms with Crippen LogP contribution in [0.1, 0.15) is 12.0 Å². The van der Waals surface area contributed by atoms with Gasteiger partial charge in [-0.25, -0.2) is 4.79 Å². The van der Waals surface area contributed by atoms with Crippen LogP contribution in [0.4, 0.5) is 4.79 Å². The lowest BCUT2D eigenvalue weighted by atomic mass is 10.00. The lowest BCUT2D eigenvalue weighted by molar-refractivity contribution is -0.137. The maximum absolute atomic E-state index is 11.6. The van der Waals surface area contributed by atoms with Crippen LogP contribution in [0.2, 0.25) is 0 Å². The van der Waals surface area contributed by atoms with Gasteiger partial charge in [0, 0.05) is 6.04 Å². The number of carbonyl (C=O) groups is 2. The normalized spacial score (nSPS) is 11.7. The number of hydrogen-bond acceptors (Lipinski definition) is 3.